The van der Waals surface area contributed by atoms with Crippen LogP contribution in [0.2, 0.25) is 0 Å². The van der Waals surface area contributed by atoms with Crippen molar-refractivity contribution in [2.45, 2.75) is 6.92 Å². The summed E-state index contributed by atoms with van der Waals surface area (Å²) in [6, 6.07) is 12.4. The fourth-order valence-corrected chi connectivity index (χ4v) is 2.77. The first-order valence-corrected chi connectivity index (χ1v) is 8.48. The van der Waals surface area contributed by atoms with Crippen LogP contribution in [0.4, 0.5) is 0 Å². The van der Waals surface area contributed by atoms with Gasteiger partial charge >= 0.3 is 5.97 Å². The summed E-state index contributed by atoms with van der Waals surface area (Å²) in [6.07, 6.45) is 1.69. The first-order valence-electron chi connectivity index (χ1n) is 7.69. The average molecular weight is 403 g/mol. The van der Waals surface area contributed by atoms with Crippen LogP contribution in [0.3, 0.4) is 0 Å². The lowest BCUT2D eigenvalue weighted by atomic mass is 10.1. The molecule has 0 spiro atoms. The van der Waals surface area contributed by atoms with E-state index >= 15 is 0 Å². The van der Waals surface area contributed by atoms with Crippen molar-refractivity contribution in [1.29, 1.82) is 0 Å². The highest BCUT2D eigenvalue weighted by Gasteiger charge is 2.27. The van der Waals surface area contributed by atoms with Gasteiger partial charge in [0.1, 0.15) is 11.5 Å². The lowest BCUT2D eigenvalue weighted by Gasteiger charge is -2.06. The zero-order valence-electron chi connectivity index (χ0n) is 13.5. The second-order valence-corrected chi connectivity index (χ2v) is 6.16. The highest BCUT2D eigenvalue weighted by atomic mass is 79.9. The van der Waals surface area contributed by atoms with Gasteiger partial charge in [-0.3, -0.25) is 4.79 Å². The maximum absolute atomic E-state index is 12.4. The van der Waals surface area contributed by atoms with Crippen molar-refractivity contribution in [1.82, 2.24) is 0 Å². The van der Waals surface area contributed by atoms with Crippen LogP contribution in [0.1, 0.15) is 22.8 Å². The molecule has 0 aliphatic carbocycles. The lowest BCUT2D eigenvalue weighted by molar-refractivity contribution is -0.145. The van der Waals surface area contributed by atoms with Gasteiger partial charge in [0, 0.05) is 10.5 Å². The molecule has 5 nitrogen and oxygen atoms in total. The van der Waals surface area contributed by atoms with Crippen LogP contribution in [0.5, 0.6) is 11.5 Å². The highest BCUT2D eigenvalue weighted by molar-refractivity contribution is 9.10. The first kappa shape index (κ1) is 17.2. The Hall–Kier alpha value is -2.60. The van der Waals surface area contributed by atoms with Crippen LogP contribution >= 0.6 is 15.9 Å². The van der Waals surface area contributed by atoms with Gasteiger partial charge in [0.25, 0.3) is 0 Å². The van der Waals surface area contributed by atoms with Crippen molar-refractivity contribution >= 4 is 33.8 Å². The Bertz CT molecular complexity index is 857. The minimum Gasteiger partial charge on any atom is -0.482 e. The number of esters is 1. The normalized spacial score (nSPS) is 14.2. The van der Waals surface area contributed by atoms with Crippen molar-refractivity contribution < 1.29 is 23.8 Å². The van der Waals surface area contributed by atoms with Gasteiger partial charge in [-0.1, -0.05) is 28.1 Å². The third-order valence-electron chi connectivity index (χ3n) is 3.45. The molecule has 0 saturated heterocycles. The summed E-state index contributed by atoms with van der Waals surface area (Å²) in [6.45, 7) is 1.83. The number of hydrogen-bond donors (Lipinski definition) is 0. The molecule has 0 saturated carbocycles. The van der Waals surface area contributed by atoms with Crippen molar-refractivity contribution in [3.05, 3.63) is 63.8 Å². The Labute approximate surface area is 153 Å². The van der Waals surface area contributed by atoms with Crippen LogP contribution in [0, 0.1) is 0 Å². The number of rotatable bonds is 5. The minimum atomic E-state index is -0.449. The lowest BCUT2D eigenvalue weighted by Crippen LogP contribution is -2.14. The van der Waals surface area contributed by atoms with Crippen LogP contribution in [-0.4, -0.2) is 25.0 Å². The van der Waals surface area contributed by atoms with Gasteiger partial charge in [0.05, 0.1) is 12.2 Å². The number of allylic oxidation sites excluding steroid dienone is 1. The number of ketones is 1. The molecular weight excluding hydrogens is 388 g/mol. The summed E-state index contributed by atoms with van der Waals surface area (Å²) in [5.41, 5.74) is 1.31. The largest absolute Gasteiger partial charge is 0.482 e. The number of carbonyl (C=O) groups is 2. The Balaban J connectivity index is 1.76. The Kier molecular flexibility index (Phi) is 5.19. The van der Waals surface area contributed by atoms with E-state index in [9.17, 15) is 9.59 Å². The van der Waals surface area contributed by atoms with Crippen LogP contribution in [-0.2, 0) is 9.53 Å². The molecule has 1 heterocycles. The first-order chi connectivity index (χ1) is 12.1. The predicted molar refractivity (Wildman–Crippen MR) is 95.6 cm³/mol. The van der Waals surface area contributed by atoms with E-state index < -0.39 is 5.97 Å². The average Bonchev–Trinajstić information content (AvgIpc) is 2.89. The summed E-state index contributed by atoms with van der Waals surface area (Å²) in [7, 11) is 0. The Morgan fingerprint density at radius 2 is 2.08 bits per heavy atom. The molecule has 0 atom stereocenters. The molecule has 0 fully saturated rings. The number of fused-ring (bicyclic) bond motifs is 1. The molecule has 6 heteroatoms. The van der Waals surface area contributed by atoms with Crippen molar-refractivity contribution in [3.63, 3.8) is 0 Å². The van der Waals surface area contributed by atoms with E-state index in [0.717, 1.165) is 10.0 Å². The molecule has 0 amide bonds. The van der Waals surface area contributed by atoms with Gasteiger partial charge in [0.15, 0.2) is 12.4 Å². The van der Waals surface area contributed by atoms with E-state index in [1.807, 2.05) is 24.3 Å². The molecule has 2 aromatic rings. The summed E-state index contributed by atoms with van der Waals surface area (Å²) >= 11 is 3.40. The van der Waals surface area contributed by atoms with Crippen molar-refractivity contribution in [3.8, 4) is 11.5 Å². The number of benzene rings is 2. The van der Waals surface area contributed by atoms with Gasteiger partial charge in [-0.05, 0) is 42.8 Å². The maximum Gasteiger partial charge on any atom is 0.344 e. The fourth-order valence-electron chi connectivity index (χ4n) is 2.35. The van der Waals surface area contributed by atoms with Gasteiger partial charge in [0.2, 0.25) is 5.78 Å². The van der Waals surface area contributed by atoms with Gasteiger partial charge < -0.3 is 14.2 Å². The van der Waals surface area contributed by atoms with E-state index in [2.05, 4.69) is 15.9 Å². The van der Waals surface area contributed by atoms with Crippen LogP contribution in [0.15, 0.2) is 52.7 Å². The molecule has 0 unspecified atom stereocenters. The van der Waals surface area contributed by atoms with Crippen molar-refractivity contribution in [2.75, 3.05) is 13.2 Å². The smallest absolute Gasteiger partial charge is 0.344 e. The molecule has 0 N–H and O–H groups in total. The molecule has 1 aliphatic heterocycles. The summed E-state index contributed by atoms with van der Waals surface area (Å²) in [4.78, 5) is 23.8. The number of ether oxygens (including phenoxy) is 3. The fraction of sp³-hybridized carbons (Fsp3) is 0.158. The van der Waals surface area contributed by atoms with Gasteiger partial charge in [-0.2, -0.15) is 0 Å². The quantitative estimate of drug-likeness (QED) is 0.558. The topological polar surface area (TPSA) is 61.8 Å². The molecular formula is C19H15BrO5. The Morgan fingerprint density at radius 1 is 1.24 bits per heavy atom. The third kappa shape index (κ3) is 4.09. The zero-order valence-corrected chi connectivity index (χ0v) is 15.0. The van der Waals surface area contributed by atoms with Gasteiger partial charge in [-0.25, -0.2) is 4.79 Å². The SMILES string of the molecule is CCOC(=O)COc1ccc2c(c1)O/C(=C/c1cccc(Br)c1)C2=O. The summed E-state index contributed by atoms with van der Waals surface area (Å²) < 4.78 is 16.7. The maximum atomic E-state index is 12.4. The monoisotopic (exact) mass is 402 g/mol. The van der Waals surface area contributed by atoms with Crippen LogP contribution < -0.4 is 9.47 Å². The molecule has 0 aromatic heterocycles. The second kappa shape index (κ2) is 7.53. The van der Waals surface area contributed by atoms with E-state index in [4.69, 9.17) is 14.2 Å². The molecule has 25 heavy (non-hydrogen) atoms. The van der Waals surface area contributed by atoms with E-state index in [-0.39, 0.29) is 18.1 Å². The van der Waals surface area contributed by atoms with E-state index in [1.165, 1.54) is 0 Å². The Morgan fingerprint density at radius 3 is 2.84 bits per heavy atom. The molecule has 3 rings (SSSR count). The van der Waals surface area contributed by atoms with Gasteiger partial charge in [-0.15, -0.1) is 0 Å². The molecule has 0 bridgehead atoms. The molecule has 128 valence electrons. The standard InChI is InChI=1S/C19H15BrO5/c1-2-23-18(21)11-24-14-6-7-15-16(10-14)25-17(19(15)22)9-12-4-3-5-13(20)8-12/h3-10H,2,11H2,1H3/b17-9+. The molecule has 1 aliphatic rings. The number of hydrogen-bond acceptors (Lipinski definition) is 5. The number of halogens is 1. The third-order valence-corrected chi connectivity index (χ3v) is 3.94. The van der Waals surface area contributed by atoms with E-state index in [0.29, 0.717) is 23.7 Å². The number of carbonyl (C=O) groups excluding carboxylic acids is 2. The number of Topliss-reactive ketones (excluding diaryl/α,β-unsaturated/α-hetero) is 1. The zero-order chi connectivity index (χ0) is 17.8. The second-order valence-electron chi connectivity index (χ2n) is 5.25. The highest BCUT2D eigenvalue weighted by Crippen LogP contribution is 2.35. The molecule has 0 radical (unpaired) electrons. The minimum absolute atomic E-state index is 0.188. The predicted octanol–water partition coefficient (Wildman–Crippen LogP) is 4.01. The van der Waals surface area contributed by atoms with Crippen LogP contribution in [0.25, 0.3) is 6.08 Å². The van der Waals surface area contributed by atoms with E-state index in [1.54, 1.807) is 31.2 Å². The molecule has 2 aromatic carbocycles. The summed E-state index contributed by atoms with van der Waals surface area (Å²) in [5.74, 6) is 0.453. The van der Waals surface area contributed by atoms with Crippen molar-refractivity contribution in [2.24, 2.45) is 0 Å². The summed E-state index contributed by atoms with van der Waals surface area (Å²) in [5, 5.41) is 0.